The molecule has 1 aliphatic heterocycles. The molecule has 0 bridgehead atoms. The van der Waals surface area contributed by atoms with Crippen molar-refractivity contribution < 1.29 is 17.5 Å². The van der Waals surface area contributed by atoms with Crippen LogP contribution in [0.2, 0.25) is 0 Å². The number of benzene rings is 8. The van der Waals surface area contributed by atoms with E-state index in [-0.39, 0.29) is 5.82 Å². The third-order valence-corrected chi connectivity index (χ3v) is 10.7. The zero-order valence-corrected chi connectivity index (χ0v) is 29.7. The number of hydrogen-bond donors (Lipinski definition) is 0. The van der Waals surface area contributed by atoms with Crippen LogP contribution in [0.15, 0.2) is 189 Å². The first-order valence-corrected chi connectivity index (χ1v) is 18.4. The molecule has 264 valence electrons. The lowest BCUT2D eigenvalue weighted by Gasteiger charge is -2.10. The summed E-state index contributed by atoms with van der Waals surface area (Å²) in [4.78, 5) is 10.0. The number of fused-ring (bicyclic) bond motifs is 10. The molecule has 5 nitrogen and oxygen atoms in total. The first kappa shape index (κ1) is 32.1. The molecule has 10 aromatic rings. The highest BCUT2D eigenvalue weighted by Crippen LogP contribution is 2.44. The van der Waals surface area contributed by atoms with Gasteiger partial charge in [0.1, 0.15) is 17.0 Å². The molecule has 8 heteroatoms. The first-order valence-electron chi connectivity index (χ1n) is 18.4. The van der Waals surface area contributed by atoms with Crippen LogP contribution in [0.3, 0.4) is 0 Å². The summed E-state index contributed by atoms with van der Waals surface area (Å²) < 4.78 is 46.2. The Morgan fingerprint density at radius 2 is 1.00 bits per heavy atom. The van der Waals surface area contributed by atoms with E-state index in [1.165, 1.54) is 0 Å². The normalized spacial score (nSPS) is 13.3. The van der Waals surface area contributed by atoms with E-state index in [4.69, 9.17) is 18.8 Å². The monoisotopic (exact) mass is 727 g/mol. The van der Waals surface area contributed by atoms with E-state index in [9.17, 15) is 0 Å². The molecule has 0 atom stereocenters. The van der Waals surface area contributed by atoms with Gasteiger partial charge in [0.2, 0.25) is 0 Å². The van der Waals surface area contributed by atoms with Crippen molar-refractivity contribution in [2.75, 3.05) is 0 Å². The summed E-state index contributed by atoms with van der Waals surface area (Å²) in [7, 11) is -2.94. The van der Waals surface area contributed by atoms with Crippen LogP contribution in [-0.4, -0.2) is 23.4 Å². The second-order valence-electron chi connectivity index (χ2n) is 13.9. The lowest BCUT2D eigenvalue weighted by Crippen LogP contribution is -2.14. The summed E-state index contributed by atoms with van der Waals surface area (Å²) in [6.45, 7) is 0. The van der Waals surface area contributed by atoms with Gasteiger partial charge in [-0.25, -0.2) is 9.98 Å². The Bertz CT molecular complexity index is 3340. The molecule has 0 unspecified atom stereocenters. The molecule has 2 aromatic heterocycles. The first-order chi connectivity index (χ1) is 27.6. The number of aliphatic imine (C=N–C) groups is 2. The molecule has 0 saturated carbocycles. The molecule has 0 fully saturated rings. The van der Waals surface area contributed by atoms with Crippen LogP contribution >= 0.6 is 0 Å². The summed E-state index contributed by atoms with van der Waals surface area (Å²) in [6, 6.07) is 54.8. The number of nitrogens with zero attached hydrogens (tertiary/aromatic N) is 3. The third-order valence-electron chi connectivity index (χ3n) is 10.7. The van der Waals surface area contributed by atoms with Crippen molar-refractivity contribution in [1.29, 1.82) is 0 Å². The number of aromatic nitrogens is 1. The second-order valence-corrected chi connectivity index (χ2v) is 13.9. The van der Waals surface area contributed by atoms with Crippen LogP contribution in [0.25, 0.3) is 76.7 Å². The van der Waals surface area contributed by atoms with E-state index < -0.39 is 7.40 Å². The molecular weight excluding hydrogens is 699 g/mol. The fraction of sp³-hybridized carbons (Fsp3) is 0. The minimum absolute atomic E-state index is 0.0651. The van der Waals surface area contributed by atoms with Crippen molar-refractivity contribution in [2.24, 2.45) is 9.98 Å². The van der Waals surface area contributed by atoms with Gasteiger partial charge in [0.25, 0.3) is 0 Å². The van der Waals surface area contributed by atoms with Crippen LogP contribution in [0.5, 0.6) is 0 Å². The molecule has 0 amide bonds. The van der Waals surface area contributed by atoms with Crippen molar-refractivity contribution in [3.8, 4) is 11.3 Å². The average molecular weight is 728 g/mol. The molecule has 0 spiro atoms. The number of halogens is 2. The van der Waals surface area contributed by atoms with Crippen molar-refractivity contribution in [3.05, 3.63) is 187 Å². The maximum Gasteiger partial charge on any atom is 0.679 e. The molecule has 0 N–H and O–H groups in total. The molecule has 3 heterocycles. The molecule has 0 saturated heterocycles. The molecule has 8 aromatic carbocycles. The predicted octanol–water partition coefficient (Wildman–Crippen LogP) is 13.1. The Morgan fingerprint density at radius 3 is 1.61 bits per heavy atom. The van der Waals surface area contributed by atoms with Crippen molar-refractivity contribution in [2.45, 2.75) is 0 Å². The van der Waals surface area contributed by atoms with Crippen LogP contribution in [-0.2, 0) is 0 Å². The lowest BCUT2D eigenvalue weighted by atomic mass is 9.98. The van der Waals surface area contributed by atoms with Crippen LogP contribution in [0.1, 0.15) is 16.7 Å². The van der Waals surface area contributed by atoms with Crippen molar-refractivity contribution in [1.82, 2.24) is 4.48 Å². The highest BCUT2D eigenvalue weighted by atomic mass is 19.2. The smallest absolute Gasteiger partial charge is 0.453 e. The van der Waals surface area contributed by atoms with Gasteiger partial charge in [-0.3, -0.25) is 8.63 Å². The number of amidine groups is 1. The van der Waals surface area contributed by atoms with Crippen molar-refractivity contribution in [3.63, 3.8) is 0 Å². The summed E-state index contributed by atoms with van der Waals surface area (Å²) >= 11 is 0. The van der Waals surface area contributed by atoms with E-state index in [1.807, 2.05) is 140 Å². The summed E-state index contributed by atoms with van der Waals surface area (Å²) in [5, 5.41) is 6.92. The second kappa shape index (κ2) is 12.6. The zero-order valence-electron chi connectivity index (χ0n) is 29.7. The topological polar surface area (TPSA) is 55.9 Å². The fourth-order valence-corrected chi connectivity index (χ4v) is 8.20. The third kappa shape index (κ3) is 4.99. The number of hydrogen-bond acceptors (Lipinski definition) is 3. The van der Waals surface area contributed by atoms with Crippen molar-refractivity contribution >= 4 is 90.2 Å². The van der Waals surface area contributed by atoms with Crippen LogP contribution < -0.4 is 0 Å². The van der Waals surface area contributed by atoms with Gasteiger partial charge >= 0.3 is 7.40 Å². The summed E-state index contributed by atoms with van der Waals surface area (Å²) in [5.41, 5.74) is 6.24. The maximum atomic E-state index is 15.7. The largest absolute Gasteiger partial charge is 0.679 e. The number of rotatable bonds is 4. The van der Waals surface area contributed by atoms with Crippen LogP contribution in [0.4, 0.5) is 14.4 Å². The highest BCUT2D eigenvalue weighted by molar-refractivity contribution is 6.44. The maximum absolute atomic E-state index is 15.7. The van der Waals surface area contributed by atoms with Gasteiger partial charge < -0.3 is 13.3 Å². The quantitative estimate of drug-likeness (QED) is 0.170. The van der Waals surface area contributed by atoms with Gasteiger partial charge in [0.05, 0.1) is 11.4 Å². The van der Waals surface area contributed by atoms with Gasteiger partial charge in [0, 0.05) is 38.2 Å². The Balaban J connectivity index is 1.29. The average Bonchev–Trinajstić information content (AvgIpc) is 3.76. The standard InChI is InChI=1S/C48H28BF2N3O2/c50-49(51)54-46(32-17-5-2-6-18-32)37-27-41-42(28-38(37)48(54)53-47-36-22-12-11-21-35(36)45(52-47)31-15-3-1-4-16-31)56-40-26-24-30-14-8-10-20-34(30)44(40)43-33-19-9-7-13-29(33)23-25-39(43)55-41/h1-28H/b53-47-. The molecule has 56 heavy (non-hydrogen) atoms. The van der Waals surface area contributed by atoms with Crippen LogP contribution in [0, 0.1) is 0 Å². The minimum Gasteiger partial charge on any atom is -0.453 e. The van der Waals surface area contributed by atoms with E-state index in [1.54, 1.807) is 6.07 Å². The zero-order chi connectivity index (χ0) is 37.3. The SMILES string of the molecule is FB(F)n1c(/N=C2\N=C(c3ccccc3)c3ccccc32)c2cc3oc4ccc5ccccc5c4c4c(ccc5ccccc54)oc3cc2c1-c1ccccc1. The predicted molar refractivity (Wildman–Crippen MR) is 225 cm³/mol. The minimum atomic E-state index is -2.94. The molecule has 1 aliphatic rings. The highest BCUT2D eigenvalue weighted by Gasteiger charge is 2.31. The van der Waals surface area contributed by atoms with Gasteiger partial charge in [-0.15, -0.1) is 0 Å². The Kier molecular flexibility index (Phi) is 7.25. The van der Waals surface area contributed by atoms with Gasteiger partial charge in [-0.1, -0.05) is 146 Å². The summed E-state index contributed by atoms with van der Waals surface area (Å²) in [5.74, 6) is 0.414. The lowest BCUT2D eigenvalue weighted by molar-refractivity contribution is 0.620. The van der Waals surface area contributed by atoms with Gasteiger partial charge in [0.15, 0.2) is 17.0 Å². The van der Waals surface area contributed by atoms with E-state index >= 15 is 8.63 Å². The molecule has 0 aliphatic carbocycles. The van der Waals surface area contributed by atoms with E-state index in [0.717, 1.165) is 59.2 Å². The Morgan fingerprint density at radius 1 is 0.482 bits per heavy atom. The fourth-order valence-electron chi connectivity index (χ4n) is 8.20. The Labute approximate surface area is 319 Å². The Hall–Kier alpha value is -7.32. The van der Waals surface area contributed by atoms with E-state index in [0.29, 0.717) is 50.2 Å². The van der Waals surface area contributed by atoms with Gasteiger partial charge in [-0.2, -0.15) is 0 Å². The van der Waals surface area contributed by atoms with E-state index in [2.05, 4.69) is 24.3 Å². The molecule has 11 rings (SSSR count). The molecular formula is C48H28BF2N3O2. The summed E-state index contributed by atoms with van der Waals surface area (Å²) in [6.07, 6.45) is 0. The molecule has 0 radical (unpaired) electrons. The van der Waals surface area contributed by atoms with Gasteiger partial charge in [-0.05, 0) is 51.4 Å².